The molecule has 1 amide bonds. The van der Waals surface area contributed by atoms with Gasteiger partial charge in [0.2, 0.25) is 0 Å². The van der Waals surface area contributed by atoms with E-state index in [4.69, 9.17) is 0 Å². The number of fused-ring (bicyclic) bond motifs is 2. The lowest BCUT2D eigenvalue weighted by Crippen LogP contribution is -2.38. The lowest BCUT2D eigenvalue weighted by Gasteiger charge is -2.30. The first kappa shape index (κ1) is 22.1. The minimum atomic E-state index is -0.223. The molecule has 3 heterocycles. The van der Waals surface area contributed by atoms with Crippen LogP contribution in [0.3, 0.4) is 0 Å². The molecule has 2 aromatic carbocycles. The average molecular weight is 456 g/mol. The molecule has 0 radical (unpaired) electrons. The minimum Gasteiger partial charge on any atom is -0.348 e. The molecular weight excluding hydrogens is 426 g/mol. The number of benzene rings is 2. The van der Waals surface area contributed by atoms with Crippen molar-refractivity contribution in [3.63, 3.8) is 0 Å². The number of hydrogen-bond donors (Lipinski definition) is 1. The number of aryl methyl sites for hydroxylation is 2. The van der Waals surface area contributed by atoms with Gasteiger partial charge in [-0.25, -0.2) is 0 Å². The summed E-state index contributed by atoms with van der Waals surface area (Å²) < 4.78 is 3.49. The normalized spacial score (nSPS) is 13.7. The molecule has 0 aliphatic carbocycles. The monoisotopic (exact) mass is 455 g/mol. The van der Waals surface area contributed by atoms with E-state index in [1.165, 1.54) is 16.3 Å². The average Bonchev–Trinajstić information content (AvgIpc) is 3.29. The molecule has 34 heavy (non-hydrogen) atoms. The Kier molecular flexibility index (Phi) is 6.02. The Morgan fingerprint density at radius 3 is 2.65 bits per heavy atom. The number of hydrogen-bond acceptors (Lipinski definition) is 4. The molecule has 1 N–H and O–H groups in total. The van der Waals surface area contributed by atoms with Gasteiger partial charge in [0.05, 0.1) is 11.8 Å². The second kappa shape index (κ2) is 9.27. The number of carbonyl (C=O) groups is 1. The van der Waals surface area contributed by atoms with Crippen molar-refractivity contribution in [2.24, 2.45) is 0 Å². The van der Waals surface area contributed by atoms with Crippen LogP contribution in [0.4, 0.5) is 0 Å². The van der Waals surface area contributed by atoms with E-state index in [2.05, 4.69) is 38.1 Å². The van der Waals surface area contributed by atoms with Crippen LogP contribution >= 0.6 is 0 Å². The Hall–Kier alpha value is -3.71. The maximum atomic E-state index is 13.4. The summed E-state index contributed by atoms with van der Waals surface area (Å²) in [5.74, 6) is -0.223. The zero-order valence-corrected chi connectivity index (χ0v) is 19.6. The van der Waals surface area contributed by atoms with E-state index in [1.54, 1.807) is 0 Å². The van der Waals surface area contributed by atoms with Crippen LogP contribution in [0.1, 0.15) is 45.2 Å². The molecule has 0 saturated carbocycles. The quantitative estimate of drug-likeness (QED) is 0.484. The molecule has 7 nitrogen and oxygen atoms in total. The second-order valence-electron chi connectivity index (χ2n) is 8.89. The summed E-state index contributed by atoms with van der Waals surface area (Å²) in [6, 6.07) is 18.4. The number of rotatable bonds is 6. The fourth-order valence-electron chi connectivity index (χ4n) is 4.88. The van der Waals surface area contributed by atoms with Crippen molar-refractivity contribution in [2.45, 2.75) is 46.4 Å². The molecule has 0 atom stereocenters. The third-order valence-electron chi connectivity index (χ3n) is 6.52. The highest BCUT2D eigenvalue weighted by molar-refractivity contribution is 5.99. The van der Waals surface area contributed by atoms with E-state index in [1.807, 2.05) is 50.2 Å². The third kappa shape index (κ3) is 4.15. The van der Waals surface area contributed by atoms with E-state index in [0.717, 1.165) is 41.9 Å². The van der Waals surface area contributed by atoms with Gasteiger partial charge in [0.15, 0.2) is 5.65 Å². The van der Waals surface area contributed by atoms with Crippen LogP contribution in [0.2, 0.25) is 0 Å². The first-order chi connectivity index (χ1) is 16.5. The van der Waals surface area contributed by atoms with Gasteiger partial charge in [-0.2, -0.15) is 9.61 Å². The smallest absolute Gasteiger partial charge is 0.279 e. The van der Waals surface area contributed by atoms with Crippen LogP contribution < -0.4 is 10.9 Å². The van der Waals surface area contributed by atoms with Gasteiger partial charge in [-0.3, -0.25) is 14.5 Å². The van der Waals surface area contributed by atoms with Gasteiger partial charge in [-0.05, 0) is 25.0 Å². The lowest BCUT2D eigenvalue weighted by molar-refractivity contribution is 0.0952. The van der Waals surface area contributed by atoms with Gasteiger partial charge in [0.25, 0.3) is 11.5 Å². The fraction of sp³-hybridized carbons (Fsp3) is 0.296. The van der Waals surface area contributed by atoms with Crippen molar-refractivity contribution in [1.82, 2.24) is 24.4 Å². The standard InChI is InChI=1S/C27H29N5O2/c1-3-31-24-12-13-30(17-20-9-5-4-6-10-20)18-23(24)27(34)32-26(31)22(16-29-32)25(33)28-15-21-11-7-8-19(2)14-21/h4-11,14,16H,3,12-13,15,17-18H2,1-2H3,(H,28,33). The maximum absolute atomic E-state index is 13.4. The fourth-order valence-corrected chi connectivity index (χ4v) is 4.88. The summed E-state index contributed by atoms with van der Waals surface area (Å²) in [6.07, 6.45) is 2.28. The predicted molar refractivity (Wildman–Crippen MR) is 132 cm³/mol. The largest absolute Gasteiger partial charge is 0.348 e. The molecule has 1 aliphatic heterocycles. The third-order valence-corrected chi connectivity index (χ3v) is 6.52. The van der Waals surface area contributed by atoms with Crippen LogP contribution in [-0.2, 0) is 32.6 Å². The number of aromatic nitrogens is 3. The van der Waals surface area contributed by atoms with Crippen molar-refractivity contribution in [2.75, 3.05) is 6.54 Å². The number of amides is 1. The Morgan fingerprint density at radius 2 is 1.88 bits per heavy atom. The highest BCUT2D eigenvalue weighted by Gasteiger charge is 2.27. The van der Waals surface area contributed by atoms with Crippen LogP contribution in [0.5, 0.6) is 0 Å². The molecule has 0 saturated heterocycles. The second-order valence-corrected chi connectivity index (χ2v) is 8.89. The first-order valence-electron chi connectivity index (χ1n) is 11.8. The van der Waals surface area contributed by atoms with E-state index < -0.39 is 0 Å². The van der Waals surface area contributed by atoms with Gasteiger partial charge in [0.1, 0.15) is 5.56 Å². The van der Waals surface area contributed by atoms with E-state index in [0.29, 0.717) is 30.8 Å². The highest BCUT2D eigenvalue weighted by atomic mass is 16.2. The van der Waals surface area contributed by atoms with E-state index >= 15 is 0 Å². The van der Waals surface area contributed by atoms with Gasteiger partial charge in [0, 0.05) is 44.8 Å². The summed E-state index contributed by atoms with van der Waals surface area (Å²) >= 11 is 0. The van der Waals surface area contributed by atoms with Crippen molar-refractivity contribution in [1.29, 1.82) is 0 Å². The zero-order chi connectivity index (χ0) is 23.7. The molecule has 7 heteroatoms. The SMILES string of the molecule is CCn1c2c(c(=O)n3ncc(C(=O)NCc4cccc(C)c4)c13)CN(Cc1ccccc1)CC2. The molecule has 4 aromatic rings. The lowest BCUT2D eigenvalue weighted by atomic mass is 10.0. The molecular formula is C27H29N5O2. The topological polar surface area (TPSA) is 71.6 Å². The minimum absolute atomic E-state index is 0.134. The molecule has 2 aromatic heterocycles. The van der Waals surface area contributed by atoms with Crippen molar-refractivity contribution in [3.8, 4) is 0 Å². The molecule has 0 bridgehead atoms. The Balaban J connectivity index is 1.45. The molecule has 174 valence electrons. The van der Waals surface area contributed by atoms with Gasteiger partial charge in [-0.15, -0.1) is 0 Å². The van der Waals surface area contributed by atoms with Crippen LogP contribution in [0, 0.1) is 6.92 Å². The van der Waals surface area contributed by atoms with Gasteiger partial charge in [-0.1, -0.05) is 60.2 Å². The number of nitrogens with zero attached hydrogens (tertiary/aromatic N) is 4. The maximum Gasteiger partial charge on any atom is 0.279 e. The van der Waals surface area contributed by atoms with E-state index in [-0.39, 0.29) is 11.5 Å². The Bertz CT molecular complexity index is 1400. The summed E-state index contributed by atoms with van der Waals surface area (Å²) in [5, 5.41) is 7.33. The molecule has 0 unspecified atom stereocenters. The number of carbonyl (C=O) groups excluding carboxylic acids is 1. The summed E-state index contributed by atoms with van der Waals surface area (Å²) in [4.78, 5) is 28.8. The van der Waals surface area contributed by atoms with Crippen molar-refractivity contribution in [3.05, 3.63) is 105 Å². The molecule has 0 fully saturated rings. The van der Waals surface area contributed by atoms with Gasteiger partial charge >= 0.3 is 0 Å². The van der Waals surface area contributed by atoms with Crippen LogP contribution in [0.25, 0.3) is 5.65 Å². The Morgan fingerprint density at radius 1 is 1.09 bits per heavy atom. The van der Waals surface area contributed by atoms with Crippen molar-refractivity contribution >= 4 is 11.6 Å². The zero-order valence-electron chi connectivity index (χ0n) is 19.6. The predicted octanol–water partition coefficient (Wildman–Crippen LogP) is 3.31. The summed E-state index contributed by atoms with van der Waals surface area (Å²) in [5.41, 5.74) is 6.07. The highest BCUT2D eigenvalue weighted by Crippen LogP contribution is 2.22. The molecule has 1 aliphatic rings. The Labute approximate surface area is 198 Å². The number of nitrogens with one attached hydrogen (secondary N) is 1. The van der Waals surface area contributed by atoms with Crippen molar-refractivity contribution < 1.29 is 4.79 Å². The van der Waals surface area contributed by atoms with E-state index in [9.17, 15) is 9.59 Å². The summed E-state index contributed by atoms with van der Waals surface area (Å²) in [7, 11) is 0. The molecule has 0 spiro atoms. The van der Waals surface area contributed by atoms with Gasteiger partial charge < -0.3 is 9.88 Å². The van der Waals surface area contributed by atoms with Crippen LogP contribution in [-0.4, -0.2) is 31.5 Å². The first-order valence-corrected chi connectivity index (χ1v) is 11.8. The molecule has 5 rings (SSSR count). The van der Waals surface area contributed by atoms with Crippen LogP contribution in [0.15, 0.2) is 65.6 Å². The summed E-state index contributed by atoms with van der Waals surface area (Å²) in [6.45, 7) is 7.40.